The molecule has 0 fully saturated rings. The second kappa shape index (κ2) is 9.13. The van der Waals surface area contributed by atoms with Gasteiger partial charge < -0.3 is 24.8 Å². The maximum Gasteiger partial charge on any atom is 0.171 e. The van der Waals surface area contributed by atoms with E-state index >= 15 is 0 Å². The van der Waals surface area contributed by atoms with E-state index in [4.69, 9.17) is 26.4 Å². The van der Waals surface area contributed by atoms with Gasteiger partial charge in [-0.1, -0.05) is 18.2 Å². The van der Waals surface area contributed by atoms with E-state index in [1.807, 2.05) is 50.2 Å². The van der Waals surface area contributed by atoms with Crippen LogP contribution in [0.2, 0.25) is 0 Å². The number of benzene rings is 2. The average molecular weight is 360 g/mol. The van der Waals surface area contributed by atoms with E-state index in [-0.39, 0.29) is 6.04 Å². The Bertz CT molecular complexity index is 722. The summed E-state index contributed by atoms with van der Waals surface area (Å²) in [6, 6.07) is 13.5. The van der Waals surface area contributed by atoms with Crippen LogP contribution < -0.4 is 24.8 Å². The minimum Gasteiger partial charge on any atom is -0.497 e. The number of ether oxygens (including phenoxy) is 3. The summed E-state index contributed by atoms with van der Waals surface area (Å²) in [6.07, 6.45) is 0. The molecule has 134 valence electrons. The number of rotatable bonds is 7. The molecule has 0 amide bonds. The summed E-state index contributed by atoms with van der Waals surface area (Å²) in [6.45, 7) is 4.54. The van der Waals surface area contributed by atoms with Crippen molar-refractivity contribution < 1.29 is 14.2 Å². The van der Waals surface area contributed by atoms with Crippen LogP contribution in [0.1, 0.15) is 12.5 Å². The highest BCUT2D eigenvalue weighted by Crippen LogP contribution is 2.28. The third-order valence-electron chi connectivity index (χ3n) is 3.62. The number of nitrogens with one attached hydrogen (secondary N) is 2. The zero-order chi connectivity index (χ0) is 18.2. The summed E-state index contributed by atoms with van der Waals surface area (Å²) in [5.74, 6) is 2.26. The molecule has 0 bridgehead atoms. The Kier molecular flexibility index (Phi) is 6.89. The highest BCUT2D eigenvalue weighted by atomic mass is 32.1. The van der Waals surface area contributed by atoms with Crippen molar-refractivity contribution in [1.29, 1.82) is 0 Å². The monoisotopic (exact) mass is 360 g/mol. The van der Waals surface area contributed by atoms with Crippen molar-refractivity contribution in [1.82, 2.24) is 5.32 Å². The van der Waals surface area contributed by atoms with E-state index in [2.05, 4.69) is 10.6 Å². The molecule has 6 heteroatoms. The first kappa shape index (κ1) is 18.9. The maximum atomic E-state index is 5.83. The zero-order valence-corrected chi connectivity index (χ0v) is 15.8. The van der Waals surface area contributed by atoms with Gasteiger partial charge in [0, 0.05) is 6.07 Å². The Morgan fingerprint density at radius 3 is 2.52 bits per heavy atom. The molecule has 0 saturated heterocycles. The number of methoxy groups -OCH3 is 2. The predicted octanol–water partition coefficient (Wildman–Crippen LogP) is 3.77. The molecule has 0 aromatic heterocycles. The molecule has 0 saturated carbocycles. The maximum absolute atomic E-state index is 5.83. The van der Waals surface area contributed by atoms with Crippen molar-refractivity contribution in [3.63, 3.8) is 0 Å². The number of hydrogen-bond acceptors (Lipinski definition) is 4. The fourth-order valence-electron chi connectivity index (χ4n) is 2.26. The van der Waals surface area contributed by atoms with Crippen molar-refractivity contribution in [2.75, 3.05) is 26.1 Å². The summed E-state index contributed by atoms with van der Waals surface area (Å²) < 4.78 is 16.4. The SMILES string of the molecule is COc1ccc(NC(=S)N[C@H](C)COc2ccccc2C)c(OC)c1. The molecule has 0 radical (unpaired) electrons. The molecule has 0 spiro atoms. The Labute approximate surface area is 154 Å². The van der Waals surface area contributed by atoms with E-state index in [0.717, 1.165) is 22.7 Å². The molecular weight excluding hydrogens is 336 g/mol. The van der Waals surface area contributed by atoms with Gasteiger partial charge in [-0.3, -0.25) is 0 Å². The van der Waals surface area contributed by atoms with Crippen LogP contribution in [0.25, 0.3) is 0 Å². The number of anilines is 1. The lowest BCUT2D eigenvalue weighted by atomic mass is 10.2. The second-order valence-electron chi connectivity index (χ2n) is 5.64. The van der Waals surface area contributed by atoms with Crippen LogP contribution in [-0.4, -0.2) is 32.0 Å². The molecule has 0 aliphatic heterocycles. The van der Waals surface area contributed by atoms with Gasteiger partial charge in [0.2, 0.25) is 0 Å². The van der Waals surface area contributed by atoms with Crippen LogP contribution in [0.15, 0.2) is 42.5 Å². The van der Waals surface area contributed by atoms with Gasteiger partial charge in [-0.05, 0) is 49.8 Å². The molecule has 2 rings (SSSR count). The number of aryl methyl sites for hydroxylation is 1. The van der Waals surface area contributed by atoms with E-state index in [0.29, 0.717) is 17.5 Å². The van der Waals surface area contributed by atoms with E-state index in [9.17, 15) is 0 Å². The fourth-order valence-corrected chi connectivity index (χ4v) is 2.57. The van der Waals surface area contributed by atoms with Gasteiger partial charge in [0.25, 0.3) is 0 Å². The van der Waals surface area contributed by atoms with Crippen molar-refractivity contribution in [3.05, 3.63) is 48.0 Å². The van der Waals surface area contributed by atoms with Crippen molar-refractivity contribution in [3.8, 4) is 17.2 Å². The van der Waals surface area contributed by atoms with Gasteiger partial charge >= 0.3 is 0 Å². The van der Waals surface area contributed by atoms with Crippen LogP contribution in [0.5, 0.6) is 17.2 Å². The summed E-state index contributed by atoms with van der Waals surface area (Å²) in [5, 5.41) is 6.85. The van der Waals surface area contributed by atoms with E-state index in [1.165, 1.54) is 0 Å². The molecule has 2 aromatic carbocycles. The Hall–Kier alpha value is -2.47. The minimum absolute atomic E-state index is 0.0452. The van der Waals surface area contributed by atoms with Gasteiger partial charge in [-0.2, -0.15) is 0 Å². The summed E-state index contributed by atoms with van der Waals surface area (Å²) in [5.41, 5.74) is 1.88. The Morgan fingerprint density at radius 1 is 1.08 bits per heavy atom. The van der Waals surface area contributed by atoms with Gasteiger partial charge in [0.15, 0.2) is 5.11 Å². The molecule has 25 heavy (non-hydrogen) atoms. The van der Waals surface area contributed by atoms with Crippen LogP contribution in [0.3, 0.4) is 0 Å². The van der Waals surface area contributed by atoms with Crippen molar-refractivity contribution in [2.45, 2.75) is 19.9 Å². The van der Waals surface area contributed by atoms with Crippen molar-refractivity contribution in [2.24, 2.45) is 0 Å². The van der Waals surface area contributed by atoms with Gasteiger partial charge in [-0.15, -0.1) is 0 Å². The molecule has 2 aromatic rings. The minimum atomic E-state index is 0.0452. The van der Waals surface area contributed by atoms with Gasteiger partial charge in [0.05, 0.1) is 25.9 Å². The highest BCUT2D eigenvalue weighted by molar-refractivity contribution is 7.80. The molecule has 5 nitrogen and oxygen atoms in total. The van der Waals surface area contributed by atoms with Crippen LogP contribution in [0, 0.1) is 6.92 Å². The standard InChI is InChI=1S/C19H24N2O3S/c1-13-7-5-6-8-17(13)24-12-14(2)20-19(25)21-16-10-9-15(22-3)11-18(16)23-4/h5-11,14H,12H2,1-4H3,(H2,20,21,25)/t14-/m1/s1. The lowest BCUT2D eigenvalue weighted by Gasteiger charge is -2.19. The summed E-state index contributed by atoms with van der Waals surface area (Å²) in [7, 11) is 3.22. The third kappa shape index (κ3) is 5.53. The first-order valence-electron chi connectivity index (χ1n) is 8.01. The topological polar surface area (TPSA) is 51.8 Å². The molecule has 0 unspecified atom stereocenters. The van der Waals surface area contributed by atoms with Gasteiger partial charge in [-0.25, -0.2) is 0 Å². The molecule has 0 heterocycles. The quantitative estimate of drug-likeness (QED) is 0.733. The number of thiocarbonyl (C=S) groups is 1. The first-order valence-corrected chi connectivity index (χ1v) is 8.42. The second-order valence-corrected chi connectivity index (χ2v) is 6.05. The summed E-state index contributed by atoms with van der Waals surface area (Å²) >= 11 is 5.37. The normalized spacial score (nSPS) is 11.4. The van der Waals surface area contributed by atoms with E-state index in [1.54, 1.807) is 20.3 Å². The van der Waals surface area contributed by atoms with Crippen LogP contribution in [0.4, 0.5) is 5.69 Å². The molecule has 1 atom stereocenters. The largest absolute Gasteiger partial charge is 0.497 e. The third-order valence-corrected chi connectivity index (χ3v) is 3.84. The number of para-hydroxylation sites is 1. The highest BCUT2D eigenvalue weighted by Gasteiger charge is 2.10. The van der Waals surface area contributed by atoms with Crippen molar-refractivity contribution >= 4 is 23.0 Å². The summed E-state index contributed by atoms with van der Waals surface area (Å²) in [4.78, 5) is 0. The van der Waals surface area contributed by atoms with E-state index < -0.39 is 0 Å². The van der Waals surface area contributed by atoms with Gasteiger partial charge in [0.1, 0.15) is 23.9 Å². The first-order chi connectivity index (χ1) is 12.0. The predicted molar refractivity (Wildman–Crippen MR) is 105 cm³/mol. The molecule has 0 aliphatic carbocycles. The average Bonchev–Trinajstić information content (AvgIpc) is 2.61. The fraction of sp³-hybridized carbons (Fsp3) is 0.316. The van der Waals surface area contributed by atoms with Crippen LogP contribution >= 0.6 is 12.2 Å². The molecule has 2 N–H and O–H groups in total. The zero-order valence-electron chi connectivity index (χ0n) is 15.0. The Morgan fingerprint density at radius 2 is 1.84 bits per heavy atom. The number of hydrogen-bond donors (Lipinski definition) is 2. The lowest BCUT2D eigenvalue weighted by Crippen LogP contribution is -2.39. The Balaban J connectivity index is 1.88. The smallest absolute Gasteiger partial charge is 0.171 e. The van der Waals surface area contributed by atoms with Crippen LogP contribution in [-0.2, 0) is 0 Å². The molecular formula is C19H24N2O3S. The molecule has 0 aliphatic rings. The lowest BCUT2D eigenvalue weighted by molar-refractivity contribution is 0.285.